The first-order valence-corrected chi connectivity index (χ1v) is 4.07. The predicted octanol–water partition coefficient (Wildman–Crippen LogP) is 2.45. The molecule has 1 nitrogen and oxygen atoms in total. The molecule has 0 fully saturated rings. The second-order valence-electron chi connectivity index (χ2n) is 3.40. The fraction of sp³-hybridized carbons (Fsp3) is 1.00. The van der Waals surface area contributed by atoms with Crippen molar-refractivity contribution in [1.82, 2.24) is 4.72 Å². The summed E-state index contributed by atoms with van der Waals surface area (Å²) in [7, 11) is 0. The Hall–Kier alpha value is 0.310. The van der Waals surface area contributed by atoms with Gasteiger partial charge in [-0.05, 0) is 34.6 Å². The third-order valence-electron chi connectivity index (χ3n) is 0.537. The monoisotopic (exact) mass is 146 g/mol. The zero-order chi connectivity index (χ0) is 7.49. The van der Waals surface area contributed by atoms with Gasteiger partial charge in [-0.25, -0.2) is 0 Å². The van der Waals surface area contributed by atoms with Gasteiger partial charge in [-0.3, -0.25) is 0 Å². The maximum Gasteiger partial charge on any atom is 0.0312 e. The first-order valence-electron chi connectivity index (χ1n) is 3.30. The summed E-state index contributed by atoms with van der Waals surface area (Å²) < 4.78 is 4.59. The van der Waals surface area contributed by atoms with Gasteiger partial charge in [0.15, 0.2) is 0 Å². The van der Waals surface area contributed by atoms with Crippen LogP contribution in [0, 0.1) is 0 Å². The van der Waals surface area contributed by atoms with Gasteiger partial charge >= 0.3 is 0 Å². The smallest absolute Gasteiger partial charge is 0.0312 e. The quantitative estimate of drug-likeness (QED) is 0.546. The molecule has 0 aliphatic heterocycles. The first-order chi connectivity index (χ1) is 3.92. The first kappa shape index (κ1) is 9.31. The van der Waals surface area contributed by atoms with Crippen LogP contribution in [-0.2, 0) is 0 Å². The SMILES string of the molecule is CC(C)[N]SC(C)(C)C. The van der Waals surface area contributed by atoms with Gasteiger partial charge in [-0.1, -0.05) is 11.9 Å². The highest BCUT2D eigenvalue weighted by Crippen LogP contribution is 2.21. The molecular weight excluding hydrogens is 130 g/mol. The van der Waals surface area contributed by atoms with Crippen LogP contribution in [0.5, 0.6) is 0 Å². The molecule has 55 valence electrons. The summed E-state index contributed by atoms with van der Waals surface area (Å²) in [5.74, 6) is 0. The van der Waals surface area contributed by atoms with Crippen molar-refractivity contribution in [2.45, 2.75) is 45.4 Å². The third kappa shape index (κ3) is 8.31. The molecule has 0 amide bonds. The second kappa shape index (κ2) is 3.47. The van der Waals surface area contributed by atoms with Crippen molar-refractivity contribution >= 4 is 11.9 Å². The Balaban J connectivity index is 3.28. The molecule has 0 aliphatic rings. The van der Waals surface area contributed by atoms with Gasteiger partial charge in [0.2, 0.25) is 0 Å². The minimum atomic E-state index is 0.282. The Kier molecular flexibility index (Phi) is 3.59. The van der Waals surface area contributed by atoms with Gasteiger partial charge in [0.05, 0.1) is 0 Å². The van der Waals surface area contributed by atoms with Gasteiger partial charge in [0.25, 0.3) is 0 Å². The summed E-state index contributed by atoms with van der Waals surface area (Å²) in [6.45, 7) is 10.7. The average molecular weight is 146 g/mol. The molecule has 0 N–H and O–H groups in total. The summed E-state index contributed by atoms with van der Waals surface area (Å²) in [5, 5.41) is 0. The molecule has 0 bridgehead atoms. The molecular formula is C7H16NS. The molecule has 0 spiro atoms. The highest BCUT2D eigenvalue weighted by molar-refractivity contribution is 7.98. The topological polar surface area (TPSA) is 14.1 Å². The van der Waals surface area contributed by atoms with Crippen molar-refractivity contribution in [1.29, 1.82) is 0 Å². The molecule has 0 aromatic heterocycles. The molecule has 0 atom stereocenters. The Morgan fingerprint density at radius 1 is 1.22 bits per heavy atom. The second-order valence-corrected chi connectivity index (χ2v) is 5.02. The Morgan fingerprint density at radius 3 is 1.78 bits per heavy atom. The Bertz CT molecular complexity index is 73.5. The normalized spacial score (nSPS) is 12.7. The molecule has 0 aromatic carbocycles. The van der Waals surface area contributed by atoms with Crippen LogP contribution in [0.3, 0.4) is 0 Å². The maximum atomic E-state index is 4.31. The van der Waals surface area contributed by atoms with Crippen molar-refractivity contribution in [2.75, 3.05) is 0 Å². The molecule has 2 heteroatoms. The molecule has 0 heterocycles. The highest BCUT2D eigenvalue weighted by Gasteiger charge is 2.11. The van der Waals surface area contributed by atoms with Gasteiger partial charge in [0, 0.05) is 10.8 Å². The van der Waals surface area contributed by atoms with E-state index in [9.17, 15) is 0 Å². The molecule has 0 rings (SSSR count). The van der Waals surface area contributed by atoms with E-state index in [0.29, 0.717) is 6.04 Å². The number of rotatable bonds is 2. The van der Waals surface area contributed by atoms with E-state index >= 15 is 0 Å². The van der Waals surface area contributed by atoms with E-state index in [4.69, 9.17) is 0 Å². The van der Waals surface area contributed by atoms with E-state index in [1.807, 2.05) is 0 Å². The molecule has 0 aliphatic carbocycles. The summed E-state index contributed by atoms with van der Waals surface area (Å²) >= 11 is 1.67. The highest BCUT2D eigenvalue weighted by atomic mass is 32.2. The lowest BCUT2D eigenvalue weighted by molar-refractivity contribution is 0.727. The van der Waals surface area contributed by atoms with Gasteiger partial charge in [-0.15, -0.1) is 0 Å². The van der Waals surface area contributed by atoms with E-state index in [1.54, 1.807) is 11.9 Å². The van der Waals surface area contributed by atoms with Crippen LogP contribution in [0.15, 0.2) is 0 Å². The minimum absolute atomic E-state index is 0.282. The van der Waals surface area contributed by atoms with E-state index < -0.39 is 0 Å². The van der Waals surface area contributed by atoms with Crippen LogP contribution in [0.4, 0.5) is 0 Å². The zero-order valence-electron chi connectivity index (χ0n) is 6.93. The fourth-order valence-electron chi connectivity index (χ4n) is 0.264. The average Bonchev–Trinajstić information content (AvgIpc) is 1.59. The predicted molar refractivity (Wildman–Crippen MR) is 44.6 cm³/mol. The van der Waals surface area contributed by atoms with E-state index in [0.717, 1.165) is 0 Å². The molecule has 9 heavy (non-hydrogen) atoms. The molecule has 0 aromatic rings. The number of nitrogens with zero attached hydrogens (tertiary/aromatic N) is 1. The molecule has 1 radical (unpaired) electrons. The fourth-order valence-corrected chi connectivity index (χ4v) is 0.791. The minimum Gasteiger partial charge on any atom is -0.172 e. The summed E-state index contributed by atoms with van der Waals surface area (Å²) in [4.78, 5) is 0. The van der Waals surface area contributed by atoms with Crippen molar-refractivity contribution in [3.8, 4) is 0 Å². The van der Waals surface area contributed by atoms with E-state index in [1.165, 1.54) is 0 Å². The van der Waals surface area contributed by atoms with E-state index in [2.05, 4.69) is 39.3 Å². The maximum absolute atomic E-state index is 4.31. The lowest BCUT2D eigenvalue weighted by Crippen LogP contribution is -2.16. The van der Waals surface area contributed by atoms with Crippen LogP contribution in [0.25, 0.3) is 0 Å². The van der Waals surface area contributed by atoms with Crippen LogP contribution in [0.1, 0.15) is 34.6 Å². The van der Waals surface area contributed by atoms with Crippen molar-refractivity contribution in [2.24, 2.45) is 0 Å². The molecule has 0 saturated carbocycles. The Labute approximate surface area is 62.7 Å². The van der Waals surface area contributed by atoms with Crippen LogP contribution in [-0.4, -0.2) is 10.8 Å². The molecule has 0 unspecified atom stereocenters. The van der Waals surface area contributed by atoms with Crippen LogP contribution >= 0.6 is 11.9 Å². The van der Waals surface area contributed by atoms with Gasteiger partial charge < -0.3 is 0 Å². The summed E-state index contributed by atoms with van der Waals surface area (Å²) in [6, 6.07) is 0.453. The van der Waals surface area contributed by atoms with Crippen molar-refractivity contribution in [3.05, 3.63) is 0 Å². The number of hydrogen-bond donors (Lipinski definition) is 0. The summed E-state index contributed by atoms with van der Waals surface area (Å²) in [5.41, 5.74) is 0. The largest absolute Gasteiger partial charge is 0.172 e. The standard InChI is InChI=1S/C7H16NS/c1-6(2)8-9-7(3,4)5/h6H,1-5H3. The van der Waals surface area contributed by atoms with Crippen LogP contribution < -0.4 is 4.72 Å². The van der Waals surface area contributed by atoms with Gasteiger partial charge in [-0.2, -0.15) is 4.72 Å². The number of hydrogen-bond acceptors (Lipinski definition) is 1. The molecule has 0 saturated heterocycles. The van der Waals surface area contributed by atoms with Crippen LogP contribution in [0.2, 0.25) is 0 Å². The van der Waals surface area contributed by atoms with Crippen molar-refractivity contribution in [3.63, 3.8) is 0 Å². The lowest BCUT2D eigenvalue weighted by atomic mass is 10.3. The zero-order valence-corrected chi connectivity index (χ0v) is 7.75. The Morgan fingerprint density at radius 2 is 1.67 bits per heavy atom. The summed E-state index contributed by atoms with van der Waals surface area (Å²) in [6.07, 6.45) is 0. The van der Waals surface area contributed by atoms with Gasteiger partial charge in [0.1, 0.15) is 0 Å². The lowest BCUT2D eigenvalue weighted by Gasteiger charge is -2.17. The third-order valence-corrected chi connectivity index (χ3v) is 1.61. The van der Waals surface area contributed by atoms with E-state index in [-0.39, 0.29) is 4.75 Å². The van der Waals surface area contributed by atoms with Crippen molar-refractivity contribution < 1.29 is 0 Å².